The molecule has 0 saturated heterocycles. The molecule has 0 unspecified atom stereocenters. The molecular weight excluding hydrogens is 250 g/mol. The number of aryl methyl sites for hydroxylation is 2. The Morgan fingerprint density at radius 2 is 2.00 bits per heavy atom. The van der Waals surface area contributed by atoms with Crippen LogP contribution in [0.2, 0.25) is 0 Å². The quantitative estimate of drug-likeness (QED) is 0.875. The van der Waals surface area contributed by atoms with Gasteiger partial charge >= 0.3 is 0 Å². The molecule has 1 aromatic carbocycles. The zero-order valence-electron chi connectivity index (χ0n) is 11.5. The summed E-state index contributed by atoms with van der Waals surface area (Å²) in [4.78, 5) is 16.1. The van der Waals surface area contributed by atoms with Gasteiger partial charge in [0.05, 0.1) is 17.9 Å². The monoisotopic (exact) mass is 269 g/mol. The number of carbonyl (C=O) groups is 1. The van der Waals surface area contributed by atoms with Crippen molar-refractivity contribution in [2.24, 2.45) is 5.73 Å². The van der Waals surface area contributed by atoms with Crippen LogP contribution in [0, 0.1) is 6.92 Å². The fraction of sp³-hybridized carbons (Fsp3) is 0.250. The number of pyridine rings is 1. The van der Waals surface area contributed by atoms with Gasteiger partial charge in [0.15, 0.2) is 0 Å². The Kier molecular flexibility index (Phi) is 4.85. The SMILES string of the molecule is Cc1ccc(NC(=O)[C@@H](N)CCc2ccccc2)cn1. The number of amides is 1. The highest BCUT2D eigenvalue weighted by Crippen LogP contribution is 2.08. The van der Waals surface area contributed by atoms with Crippen LogP contribution in [0.3, 0.4) is 0 Å². The lowest BCUT2D eigenvalue weighted by atomic mass is 10.1. The van der Waals surface area contributed by atoms with Crippen LogP contribution in [0.1, 0.15) is 17.7 Å². The number of benzene rings is 1. The van der Waals surface area contributed by atoms with Crippen molar-refractivity contribution in [1.29, 1.82) is 0 Å². The summed E-state index contributed by atoms with van der Waals surface area (Å²) in [6.07, 6.45) is 3.05. The van der Waals surface area contributed by atoms with Crippen LogP contribution < -0.4 is 11.1 Å². The number of nitrogens with zero attached hydrogens (tertiary/aromatic N) is 1. The van der Waals surface area contributed by atoms with Crippen LogP contribution >= 0.6 is 0 Å². The van der Waals surface area contributed by atoms with E-state index in [2.05, 4.69) is 10.3 Å². The van der Waals surface area contributed by atoms with Crippen molar-refractivity contribution in [2.45, 2.75) is 25.8 Å². The largest absolute Gasteiger partial charge is 0.323 e. The van der Waals surface area contributed by atoms with E-state index >= 15 is 0 Å². The van der Waals surface area contributed by atoms with Gasteiger partial charge < -0.3 is 11.1 Å². The van der Waals surface area contributed by atoms with Gasteiger partial charge in [0.1, 0.15) is 0 Å². The summed E-state index contributed by atoms with van der Waals surface area (Å²) in [6.45, 7) is 1.90. The molecule has 1 amide bonds. The van der Waals surface area contributed by atoms with Gasteiger partial charge in [0, 0.05) is 5.69 Å². The summed E-state index contributed by atoms with van der Waals surface area (Å²) in [5.74, 6) is -0.174. The Morgan fingerprint density at radius 3 is 2.65 bits per heavy atom. The molecule has 0 saturated carbocycles. The Bertz CT molecular complexity index is 552. The number of rotatable bonds is 5. The first kappa shape index (κ1) is 14.2. The van der Waals surface area contributed by atoms with Crippen molar-refractivity contribution in [3.63, 3.8) is 0 Å². The highest BCUT2D eigenvalue weighted by molar-refractivity contribution is 5.94. The number of anilines is 1. The Morgan fingerprint density at radius 1 is 1.25 bits per heavy atom. The molecule has 4 heteroatoms. The summed E-state index contributed by atoms with van der Waals surface area (Å²) < 4.78 is 0. The first-order chi connectivity index (χ1) is 9.65. The third-order valence-corrected chi connectivity index (χ3v) is 3.10. The van der Waals surface area contributed by atoms with E-state index in [1.54, 1.807) is 6.20 Å². The Balaban J connectivity index is 1.84. The zero-order chi connectivity index (χ0) is 14.4. The molecule has 2 rings (SSSR count). The number of carbonyl (C=O) groups excluding carboxylic acids is 1. The highest BCUT2D eigenvalue weighted by atomic mass is 16.2. The van der Waals surface area contributed by atoms with Crippen LogP contribution in [-0.2, 0) is 11.2 Å². The van der Waals surface area contributed by atoms with Crippen LogP contribution in [0.5, 0.6) is 0 Å². The molecule has 1 aromatic heterocycles. The van der Waals surface area contributed by atoms with Crippen molar-refractivity contribution < 1.29 is 4.79 Å². The van der Waals surface area contributed by atoms with E-state index in [1.807, 2.05) is 49.4 Å². The second-order valence-corrected chi connectivity index (χ2v) is 4.81. The first-order valence-corrected chi connectivity index (χ1v) is 6.68. The maximum Gasteiger partial charge on any atom is 0.241 e. The summed E-state index contributed by atoms with van der Waals surface area (Å²) in [7, 11) is 0. The highest BCUT2D eigenvalue weighted by Gasteiger charge is 2.13. The second-order valence-electron chi connectivity index (χ2n) is 4.81. The lowest BCUT2D eigenvalue weighted by molar-refractivity contribution is -0.117. The molecule has 3 N–H and O–H groups in total. The van der Waals surface area contributed by atoms with Crippen molar-refractivity contribution in [1.82, 2.24) is 4.98 Å². The maximum atomic E-state index is 12.0. The Hall–Kier alpha value is -2.20. The van der Waals surface area contributed by atoms with E-state index < -0.39 is 6.04 Å². The fourth-order valence-corrected chi connectivity index (χ4v) is 1.87. The lowest BCUT2D eigenvalue weighted by Gasteiger charge is -2.12. The normalized spacial score (nSPS) is 11.9. The van der Waals surface area contributed by atoms with Gasteiger partial charge in [-0.3, -0.25) is 9.78 Å². The fourth-order valence-electron chi connectivity index (χ4n) is 1.87. The summed E-state index contributed by atoms with van der Waals surface area (Å²) in [5, 5.41) is 2.78. The van der Waals surface area contributed by atoms with Crippen molar-refractivity contribution in [2.75, 3.05) is 5.32 Å². The van der Waals surface area contributed by atoms with E-state index in [9.17, 15) is 4.79 Å². The zero-order valence-corrected chi connectivity index (χ0v) is 11.5. The minimum Gasteiger partial charge on any atom is -0.323 e. The molecule has 0 aliphatic rings. The van der Waals surface area contributed by atoms with Gasteiger partial charge in [-0.05, 0) is 37.5 Å². The van der Waals surface area contributed by atoms with Crippen LogP contribution in [0.25, 0.3) is 0 Å². The number of nitrogens with two attached hydrogens (primary N) is 1. The average molecular weight is 269 g/mol. The van der Waals surface area contributed by atoms with Crippen molar-refractivity contribution >= 4 is 11.6 Å². The topological polar surface area (TPSA) is 68.0 Å². The smallest absolute Gasteiger partial charge is 0.241 e. The Labute approximate surface area is 119 Å². The second kappa shape index (κ2) is 6.82. The lowest BCUT2D eigenvalue weighted by Crippen LogP contribution is -2.36. The number of hydrogen-bond donors (Lipinski definition) is 2. The minimum absolute atomic E-state index is 0.174. The summed E-state index contributed by atoms with van der Waals surface area (Å²) >= 11 is 0. The van der Waals surface area contributed by atoms with Crippen LogP contribution in [0.4, 0.5) is 5.69 Å². The van der Waals surface area contributed by atoms with Gasteiger partial charge in [0.25, 0.3) is 0 Å². The van der Waals surface area contributed by atoms with Crippen LogP contribution in [0.15, 0.2) is 48.7 Å². The van der Waals surface area contributed by atoms with E-state index in [0.717, 1.165) is 12.1 Å². The number of aromatic nitrogens is 1. The molecule has 1 heterocycles. The molecule has 4 nitrogen and oxygen atoms in total. The molecule has 0 aliphatic heterocycles. The van der Waals surface area contributed by atoms with Crippen molar-refractivity contribution in [3.8, 4) is 0 Å². The number of nitrogens with one attached hydrogen (secondary N) is 1. The molecule has 20 heavy (non-hydrogen) atoms. The first-order valence-electron chi connectivity index (χ1n) is 6.68. The third-order valence-electron chi connectivity index (χ3n) is 3.10. The van der Waals surface area contributed by atoms with Crippen molar-refractivity contribution in [3.05, 3.63) is 59.9 Å². The molecule has 1 atom stereocenters. The molecule has 0 aliphatic carbocycles. The molecule has 0 fully saturated rings. The van der Waals surface area contributed by atoms with Gasteiger partial charge in [0.2, 0.25) is 5.91 Å². The summed E-state index contributed by atoms with van der Waals surface area (Å²) in [5.41, 5.74) is 8.69. The number of hydrogen-bond acceptors (Lipinski definition) is 3. The average Bonchev–Trinajstić information content (AvgIpc) is 2.48. The molecule has 0 radical (unpaired) electrons. The minimum atomic E-state index is -0.517. The maximum absolute atomic E-state index is 12.0. The van der Waals surface area contributed by atoms with E-state index in [0.29, 0.717) is 12.1 Å². The molecule has 0 spiro atoms. The van der Waals surface area contributed by atoms with Gasteiger partial charge in [-0.2, -0.15) is 0 Å². The molecule has 104 valence electrons. The summed E-state index contributed by atoms with van der Waals surface area (Å²) in [6, 6.07) is 13.2. The van der Waals surface area contributed by atoms with Gasteiger partial charge in [-0.1, -0.05) is 30.3 Å². The molecular formula is C16H19N3O. The van der Waals surface area contributed by atoms with E-state index in [1.165, 1.54) is 5.56 Å². The standard InChI is InChI=1S/C16H19N3O/c1-12-7-9-14(11-18-12)19-16(20)15(17)10-8-13-5-3-2-4-6-13/h2-7,9,11,15H,8,10,17H2,1H3,(H,19,20)/t15-/m0/s1. The third kappa shape index (κ3) is 4.17. The van der Waals surface area contributed by atoms with Gasteiger partial charge in [-0.15, -0.1) is 0 Å². The van der Waals surface area contributed by atoms with Crippen LogP contribution in [-0.4, -0.2) is 16.9 Å². The predicted octanol–water partition coefficient (Wildman–Crippen LogP) is 2.29. The molecule has 0 bridgehead atoms. The van der Waals surface area contributed by atoms with E-state index in [4.69, 9.17) is 5.73 Å². The van der Waals surface area contributed by atoms with Gasteiger partial charge in [-0.25, -0.2) is 0 Å². The molecule has 2 aromatic rings. The predicted molar refractivity (Wildman–Crippen MR) is 80.3 cm³/mol. The van der Waals surface area contributed by atoms with E-state index in [-0.39, 0.29) is 5.91 Å².